The average Bonchev–Trinajstić information content (AvgIpc) is 3.02. The van der Waals surface area contributed by atoms with Gasteiger partial charge >= 0.3 is 0 Å². The molecule has 0 saturated carbocycles. The van der Waals surface area contributed by atoms with Crippen LogP contribution >= 0.6 is 39.0 Å². The molecule has 0 unspecified atom stereocenters. The van der Waals surface area contributed by atoms with E-state index >= 15 is 0 Å². The first kappa shape index (κ1) is 18.4. The van der Waals surface area contributed by atoms with Gasteiger partial charge in [-0.05, 0) is 23.3 Å². The second-order valence-electron chi connectivity index (χ2n) is 5.14. The van der Waals surface area contributed by atoms with E-state index in [0.29, 0.717) is 5.56 Å². The number of aromatic nitrogens is 2. The normalized spacial score (nSPS) is 11.4. The Morgan fingerprint density at radius 3 is 2.44 bits per heavy atom. The molecular formula is C16H14BrN3O2S3. The molecule has 0 bridgehead atoms. The van der Waals surface area contributed by atoms with Gasteiger partial charge in [0.15, 0.2) is 4.34 Å². The number of anilines is 1. The Kier molecular flexibility index (Phi) is 6.10. The summed E-state index contributed by atoms with van der Waals surface area (Å²) in [5, 5.41) is 8.24. The number of hydrogen-bond acceptors (Lipinski definition) is 6. The SMILES string of the molecule is O=S(=O)(Cc1ccc(Br)cc1)Nc1nnc(SCc2ccccc2)s1. The highest BCUT2D eigenvalue weighted by atomic mass is 79.9. The van der Waals surface area contributed by atoms with Gasteiger partial charge in [-0.15, -0.1) is 10.2 Å². The van der Waals surface area contributed by atoms with Crippen molar-refractivity contribution in [3.8, 4) is 0 Å². The summed E-state index contributed by atoms with van der Waals surface area (Å²) in [6.45, 7) is 0. The molecule has 0 aliphatic carbocycles. The van der Waals surface area contributed by atoms with Gasteiger partial charge in [0, 0.05) is 10.2 Å². The van der Waals surface area contributed by atoms with E-state index in [4.69, 9.17) is 0 Å². The van der Waals surface area contributed by atoms with Crippen molar-refractivity contribution in [2.24, 2.45) is 0 Å². The monoisotopic (exact) mass is 455 g/mol. The topological polar surface area (TPSA) is 72.0 Å². The number of nitrogens with zero attached hydrogens (tertiary/aromatic N) is 2. The van der Waals surface area contributed by atoms with Crippen molar-refractivity contribution in [1.82, 2.24) is 10.2 Å². The first-order valence-electron chi connectivity index (χ1n) is 7.25. The first-order chi connectivity index (χ1) is 12.0. The summed E-state index contributed by atoms with van der Waals surface area (Å²) in [5.74, 6) is 0.660. The third kappa shape index (κ3) is 5.81. The highest BCUT2D eigenvalue weighted by Gasteiger charge is 2.15. The molecule has 130 valence electrons. The molecule has 1 N–H and O–H groups in total. The molecule has 0 spiro atoms. The lowest BCUT2D eigenvalue weighted by Crippen LogP contribution is -2.14. The Morgan fingerprint density at radius 1 is 1.00 bits per heavy atom. The molecule has 0 atom stereocenters. The number of hydrogen-bond donors (Lipinski definition) is 1. The van der Waals surface area contributed by atoms with Crippen molar-refractivity contribution >= 4 is 54.2 Å². The van der Waals surface area contributed by atoms with Crippen molar-refractivity contribution in [3.05, 3.63) is 70.2 Å². The Bertz CT molecular complexity index is 929. The Balaban J connectivity index is 1.59. The zero-order chi connectivity index (χ0) is 17.7. The molecule has 25 heavy (non-hydrogen) atoms. The quantitative estimate of drug-likeness (QED) is 0.529. The van der Waals surface area contributed by atoms with Crippen molar-refractivity contribution in [2.45, 2.75) is 15.8 Å². The summed E-state index contributed by atoms with van der Waals surface area (Å²) in [6, 6.07) is 17.2. The average molecular weight is 456 g/mol. The van der Waals surface area contributed by atoms with Crippen LogP contribution in [0.3, 0.4) is 0 Å². The lowest BCUT2D eigenvalue weighted by atomic mass is 10.2. The smallest absolute Gasteiger partial charge is 0.238 e. The molecule has 3 rings (SSSR count). The Hall–Kier alpha value is -1.42. The highest BCUT2D eigenvalue weighted by molar-refractivity contribution is 9.10. The van der Waals surface area contributed by atoms with Crippen molar-refractivity contribution in [1.29, 1.82) is 0 Å². The fourth-order valence-corrected chi connectivity index (χ4v) is 5.38. The van der Waals surface area contributed by atoms with E-state index in [2.05, 4.69) is 30.8 Å². The van der Waals surface area contributed by atoms with Crippen molar-refractivity contribution < 1.29 is 8.42 Å². The van der Waals surface area contributed by atoms with E-state index in [1.165, 1.54) is 28.7 Å². The maximum absolute atomic E-state index is 12.3. The summed E-state index contributed by atoms with van der Waals surface area (Å²) in [5.41, 5.74) is 1.89. The molecule has 1 aromatic heterocycles. The maximum atomic E-state index is 12.3. The second kappa shape index (κ2) is 8.31. The van der Waals surface area contributed by atoms with Crippen LogP contribution in [0, 0.1) is 0 Å². The van der Waals surface area contributed by atoms with Gasteiger partial charge in [-0.25, -0.2) is 8.42 Å². The zero-order valence-corrected chi connectivity index (χ0v) is 17.0. The molecule has 0 aliphatic rings. The molecule has 0 amide bonds. The number of benzene rings is 2. The van der Waals surface area contributed by atoms with Crippen LogP contribution in [0.4, 0.5) is 5.13 Å². The van der Waals surface area contributed by atoms with Gasteiger partial charge in [-0.2, -0.15) is 0 Å². The van der Waals surface area contributed by atoms with Gasteiger partial charge in [0.05, 0.1) is 5.75 Å². The molecule has 9 heteroatoms. The summed E-state index contributed by atoms with van der Waals surface area (Å²) in [7, 11) is -3.52. The fraction of sp³-hybridized carbons (Fsp3) is 0.125. The van der Waals surface area contributed by atoms with E-state index in [-0.39, 0.29) is 10.9 Å². The standard InChI is InChI=1S/C16H14BrN3O2S3/c17-14-8-6-13(7-9-14)11-25(21,22)20-15-18-19-16(24-15)23-10-12-4-2-1-3-5-12/h1-9H,10-11H2,(H,18,20). The minimum atomic E-state index is -3.52. The van der Waals surface area contributed by atoms with Crippen LogP contribution in [0.25, 0.3) is 0 Å². The summed E-state index contributed by atoms with van der Waals surface area (Å²) in [6.07, 6.45) is 0. The zero-order valence-electron chi connectivity index (χ0n) is 12.9. The van der Waals surface area contributed by atoms with Crippen LogP contribution in [0.2, 0.25) is 0 Å². The molecule has 0 radical (unpaired) electrons. The van der Waals surface area contributed by atoms with Crippen LogP contribution in [-0.2, 0) is 21.5 Å². The molecule has 0 saturated heterocycles. The molecule has 1 heterocycles. The van der Waals surface area contributed by atoms with E-state index in [9.17, 15) is 8.42 Å². The minimum Gasteiger partial charge on any atom is -0.257 e. The molecular weight excluding hydrogens is 442 g/mol. The third-order valence-corrected chi connectivity index (χ3v) is 7.04. The summed E-state index contributed by atoms with van der Waals surface area (Å²) < 4.78 is 28.6. The third-order valence-electron chi connectivity index (χ3n) is 3.12. The molecule has 3 aromatic rings. The number of sulfonamides is 1. The van der Waals surface area contributed by atoms with Crippen LogP contribution in [-0.4, -0.2) is 18.6 Å². The fourth-order valence-electron chi connectivity index (χ4n) is 2.00. The van der Waals surface area contributed by atoms with Crippen LogP contribution in [0.5, 0.6) is 0 Å². The van der Waals surface area contributed by atoms with Crippen molar-refractivity contribution in [2.75, 3.05) is 4.72 Å². The van der Waals surface area contributed by atoms with E-state index in [0.717, 1.165) is 14.6 Å². The van der Waals surface area contributed by atoms with E-state index in [1.54, 1.807) is 12.1 Å². The predicted octanol–water partition coefficient (Wildman–Crippen LogP) is 4.53. The largest absolute Gasteiger partial charge is 0.257 e. The van der Waals surface area contributed by atoms with Gasteiger partial charge in [0.2, 0.25) is 15.2 Å². The van der Waals surface area contributed by atoms with Gasteiger partial charge in [0.25, 0.3) is 0 Å². The van der Waals surface area contributed by atoms with E-state index in [1.807, 2.05) is 42.5 Å². The van der Waals surface area contributed by atoms with Crippen LogP contribution in [0.15, 0.2) is 63.4 Å². The van der Waals surface area contributed by atoms with Gasteiger partial charge in [0.1, 0.15) is 0 Å². The predicted molar refractivity (Wildman–Crippen MR) is 106 cm³/mol. The van der Waals surface area contributed by atoms with Crippen molar-refractivity contribution in [3.63, 3.8) is 0 Å². The molecule has 5 nitrogen and oxygen atoms in total. The lowest BCUT2D eigenvalue weighted by Gasteiger charge is -2.04. The lowest BCUT2D eigenvalue weighted by molar-refractivity contribution is 0.600. The minimum absolute atomic E-state index is 0.105. The second-order valence-corrected chi connectivity index (χ2v) is 9.97. The van der Waals surface area contributed by atoms with Crippen LogP contribution in [0.1, 0.15) is 11.1 Å². The Labute approximate surface area is 163 Å². The van der Waals surface area contributed by atoms with E-state index < -0.39 is 10.0 Å². The first-order valence-corrected chi connectivity index (χ1v) is 11.5. The number of halogens is 1. The number of rotatable bonds is 7. The number of nitrogens with one attached hydrogen (secondary N) is 1. The highest BCUT2D eigenvalue weighted by Crippen LogP contribution is 2.29. The number of thioether (sulfide) groups is 1. The molecule has 2 aromatic carbocycles. The molecule has 0 fully saturated rings. The van der Waals surface area contributed by atoms with Gasteiger partial charge in [-0.1, -0.05) is 81.5 Å². The van der Waals surface area contributed by atoms with Gasteiger partial charge in [-0.3, -0.25) is 4.72 Å². The van der Waals surface area contributed by atoms with Crippen LogP contribution < -0.4 is 4.72 Å². The molecule has 0 aliphatic heterocycles. The Morgan fingerprint density at radius 2 is 1.72 bits per heavy atom. The maximum Gasteiger partial charge on any atom is 0.238 e. The summed E-state index contributed by atoms with van der Waals surface area (Å²) >= 11 is 6.09. The summed E-state index contributed by atoms with van der Waals surface area (Å²) in [4.78, 5) is 0. The van der Waals surface area contributed by atoms with Gasteiger partial charge < -0.3 is 0 Å².